The van der Waals surface area contributed by atoms with E-state index in [-0.39, 0.29) is 12.6 Å². The van der Waals surface area contributed by atoms with Crippen LogP contribution in [-0.4, -0.2) is 65.3 Å². The Bertz CT molecular complexity index is 377. The number of hydrogen-bond acceptors (Lipinski definition) is 4. The number of pyridine rings is 1. The average molecular weight is 250 g/mol. The molecule has 0 saturated carbocycles. The maximum Gasteiger partial charge on any atom is 0.323 e. The molecule has 18 heavy (non-hydrogen) atoms. The Kier molecular flexibility index (Phi) is 4.49. The third-order valence-electron chi connectivity index (χ3n) is 2.98. The maximum absolute atomic E-state index is 11.9. The molecule has 1 aliphatic rings. The van der Waals surface area contributed by atoms with Crippen molar-refractivity contribution < 1.29 is 9.90 Å². The number of rotatable bonds is 3. The molecule has 0 unspecified atom stereocenters. The Morgan fingerprint density at radius 2 is 2.11 bits per heavy atom. The predicted molar refractivity (Wildman–Crippen MR) is 68.4 cm³/mol. The highest BCUT2D eigenvalue weighted by Gasteiger charge is 2.20. The average Bonchev–Trinajstić information content (AvgIpc) is 2.41. The van der Waals surface area contributed by atoms with Crippen molar-refractivity contribution in [2.45, 2.75) is 0 Å². The minimum atomic E-state index is -0.114. The van der Waals surface area contributed by atoms with E-state index in [1.54, 1.807) is 17.2 Å². The lowest BCUT2D eigenvalue weighted by molar-refractivity contribution is 0.127. The van der Waals surface area contributed by atoms with E-state index < -0.39 is 0 Å². The summed E-state index contributed by atoms with van der Waals surface area (Å²) >= 11 is 0. The molecule has 1 fully saturated rings. The van der Waals surface area contributed by atoms with Crippen LogP contribution in [0.3, 0.4) is 0 Å². The number of aliphatic hydroxyl groups is 1. The molecule has 1 aromatic rings. The first kappa shape index (κ1) is 12.8. The van der Waals surface area contributed by atoms with Gasteiger partial charge >= 0.3 is 6.03 Å². The van der Waals surface area contributed by atoms with E-state index in [1.165, 1.54) is 0 Å². The topological polar surface area (TPSA) is 68.7 Å². The number of carbonyl (C=O) groups excluding carboxylic acids is 1. The van der Waals surface area contributed by atoms with E-state index in [1.807, 2.05) is 12.1 Å². The second kappa shape index (κ2) is 6.32. The number of nitrogens with one attached hydrogen (secondary N) is 1. The van der Waals surface area contributed by atoms with E-state index in [4.69, 9.17) is 5.11 Å². The highest BCUT2D eigenvalue weighted by atomic mass is 16.3. The van der Waals surface area contributed by atoms with Gasteiger partial charge in [0.05, 0.1) is 6.61 Å². The molecule has 0 radical (unpaired) electrons. The van der Waals surface area contributed by atoms with E-state index in [0.29, 0.717) is 25.5 Å². The molecular formula is C12H18N4O2. The normalized spacial score (nSPS) is 16.6. The molecule has 1 aliphatic heterocycles. The van der Waals surface area contributed by atoms with E-state index in [9.17, 15) is 4.79 Å². The Balaban J connectivity index is 1.81. The Labute approximate surface area is 106 Å². The standard InChI is InChI=1S/C12H18N4O2/c17-10-9-15-5-7-16(8-6-15)12(18)14-11-3-1-2-4-13-11/h1-4,17H,5-10H2,(H,13,14,18). The molecule has 2 rings (SSSR count). The summed E-state index contributed by atoms with van der Waals surface area (Å²) in [7, 11) is 0. The fourth-order valence-electron chi connectivity index (χ4n) is 1.94. The minimum absolute atomic E-state index is 0.114. The molecule has 0 aliphatic carbocycles. The molecule has 0 bridgehead atoms. The molecule has 2 N–H and O–H groups in total. The SMILES string of the molecule is O=C(Nc1ccccn1)N1CCN(CCO)CC1. The van der Waals surface area contributed by atoms with Gasteiger partial charge in [-0.2, -0.15) is 0 Å². The van der Waals surface area contributed by atoms with Crippen LogP contribution in [0.5, 0.6) is 0 Å². The molecule has 0 aromatic carbocycles. The highest BCUT2D eigenvalue weighted by Crippen LogP contribution is 2.06. The molecule has 1 aromatic heterocycles. The fraction of sp³-hybridized carbons (Fsp3) is 0.500. The van der Waals surface area contributed by atoms with Gasteiger partial charge in [0.1, 0.15) is 5.82 Å². The van der Waals surface area contributed by atoms with Gasteiger partial charge in [0.25, 0.3) is 0 Å². The molecule has 1 saturated heterocycles. The van der Waals surface area contributed by atoms with Crippen LogP contribution in [0.4, 0.5) is 10.6 Å². The van der Waals surface area contributed by atoms with Gasteiger partial charge in [-0.3, -0.25) is 10.2 Å². The van der Waals surface area contributed by atoms with E-state index in [0.717, 1.165) is 13.1 Å². The number of amides is 2. The summed E-state index contributed by atoms with van der Waals surface area (Å²) in [6.07, 6.45) is 1.65. The second-order valence-electron chi connectivity index (χ2n) is 4.20. The molecule has 0 spiro atoms. The van der Waals surface area contributed by atoms with Crippen LogP contribution in [0.1, 0.15) is 0 Å². The van der Waals surface area contributed by atoms with Crippen molar-refractivity contribution in [1.82, 2.24) is 14.8 Å². The van der Waals surface area contributed by atoms with Gasteiger partial charge in [0.15, 0.2) is 0 Å². The number of piperazine rings is 1. The first-order chi connectivity index (χ1) is 8.79. The number of aromatic nitrogens is 1. The van der Waals surface area contributed by atoms with Crippen molar-refractivity contribution in [2.24, 2.45) is 0 Å². The summed E-state index contributed by atoms with van der Waals surface area (Å²) in [5.41, 5.74) is 0. The zero-order chi connectivity index (χ0) is 12.8. The Hall–Kier alpha value is -1.66. The largest absolute Gasteiger partial charge is 0.395 e. The Morgan fingerprint density at radius 1 is 1.33 bits per heavy atom. The maximum atomic E-state index is 11.9. The van der Waals surface area contributed by atoms with Crippen molar-refractivity contribution in [2.75, 3.05) is 44.6 Å². The Morgan fingerprint density at radius 3 is 2.72 bits per heavy atom. The third kappa shape index (κ3) is 3.41. The zero-order valence-electron chi connectivity index (χ0n) is 10.2. The number of anilines is 1. The van der Waals surface area contributed by atoms with E-state index in [2.05, 4.69) is 15.2 Å². The number of hydrogen-bond donors (Lipinski definition) is 2. The molecule has 0 atom stereocenters. The van der Waals surface area contributed by atoms with Crippen LogP contribution in [0.25, 0.3) is 0 Å². The lowest BCUT2D eigenvalue weighted by Crippen LogP contribution is -2.50. The van der Waals surface area contributed by atoms with Crippen LogP contribution < -0.4 is 5.32 Å². The second-order valence-corrected chi connectivity index (χ2v) is 4.20. The zero-order valence-corrected chi connectivity index (χ0v) is 10.2. The first-order valence-electron chi connectivity index (χ1n) is 6.10. The van der Waals surface area contributed by atoms with Gasteiger partial charge in [0.2, 0.25) is 0 Å². The lowest BCUT2D eigenvalue weighted by atomic mass is 10.3. The van der Waals surface area contributed by atoms with Gasteiger partial charge in [-0.05, 0) is 12.1 Å². The number of urea groups is 1. The molecule has 2 amide bonds. The monoisotopic (exact) mass is 250 g/mol. The lowest BCUT2D eigenvalue weighted by Gasteiger charge is -2.34. The summed E-state index contributed by atoms with van der Waals surface area (Å²) in [5.74, 6) is 0.570. The van der Waals surface area contributed by atoms with Crippen LogP contribution in [0.15, 0.2) is 24.4 Å². The summed E-state index contributed by atoms with van der Waals surface area (Å²) in [5, 5.41) is 11.6. The summed E-state index contributed by atoms with van der Waals surface area (Å²) in [4.78, 5) is 19.9. The fourth-order valence-corrected chi connectivity index (χ4v) is 1.94. The number of aliphatic hydroxyl groups excluding tert-OH is 1. The van der Waals surface area contributed by atoms with Crippen LogP contribution in [0.2, 0.25) is 0 Å². The van der Waals surface area contributed by atoms with Gasteiger partial charge in [-0.25, -0.2) is 9.78 Å². The first-order valence-corrected chi connectivity index (χ1v) is 6.10. The minimum Gasteiger partial charge on any atom is -0.395 e. The molecule has 98 valence electrons. The van der Waals surface area contributed by atoms with Crippen molar-refractivity contribution >= 4 is 11.8 Å². The van der Waals surface area contributed by atoms with E-state index >= 15 is 0 Å². The number of nitrogens with zero attached hydrogens (tertiary/aromatic N) is 3. The summed E-state index contributed by atoms with van der Waals surface area (Å²) in [6, 6.07) is 5.29. The van der Waals surface area contributed by atoms with Crippen molar-refractivity contribution in [3.63, 3.8) is 0 Å². The summed E-state index contributed by atoms with van der Waals surface area (Å²) < 4.78 is 0. The van der Waals surface area contributed by atoms with Crippen molar-refractivity contribution in [1.29, 1.82) is 0 Å². The van der Waals surface area contributed by atoms with Gasteiger partial charge in [0, 0.05) is 38.9 Å². The summed E-state index contributed by atoms with van der Waals surface area (Å²) in [6.45, 7) is 3.81. The smallest absolute Gasteiger partial charge is 0.323 e. The predicted octanol–water partition coefficient (Wildman–Crippen LogP) is 0.223. The number of β-amino-alcohol motifs (C(OH)–C–C–N with tert-alkyl or cyclic N) is 1. The van der Waals surface area contributed by atoms with Gasteiger partial charge in [-0.15, -0.1) is 0 Å². The van der Waals surface area contributed by atoms with Gasteiger partial charge in [-0.1, -0.05) is 6.07 Å². The molecular weight excluding hydrogens is 232 g/mol. The molecule has 6 nitrogen and oxygen atoms in total. The van der Waals surface area contributed by atoms with Crippen molar-refractivity contribution in [3.8, 4) is 0 Å². The number of carbonyl (C=O) groups is 1. The van der Waals surface area contributed by atoms with Crippen LogP contribution >= 0.6 is 0 Å². The van der Waals surface area contributed by atoms with Gasteiger partial charge < -0.3 is 10.0 Å². The van der Waals surface area contributed by atoms with Crippen LogP contribution in [-0.2, 0) is 0 Å². The quantitative estimate of drug-likeness (QED) is 0.805. The van der Waals surface area contributed by atoms with Crippen LogP contribution in [0, 0.1) is 0 Å². The molecule has 6 heteroatoms. The third-order valence-corrected chi connectivity index (χ3v) is 2.98. The molecule has 2 heterocycles. The highest BCUT2D eigenvalue weighted by molar-refractivity contribution is 5.88. The van der Waals surface area contributed by atoms with Crippen molar-refractivity contribution in [3.05, 3.63) is 24.4 Å².